The summed E-state index contributed by atoms with van der Waals surface area (Å²) in [7, 11) is 3.15. The van der Waals surface area contributed by atoms with Crippen LogP contribution in [0.2, 0.25) is 0 Å². The number of nitrogens with zero attached hydrogens (tertiary/aromatic N) is 3. The molecule has 8 heteroatoms. The molecular formula is C23H19BrFN3O3. The van der Waals surface area contributed by atoms with Gasteiger partial charge in [0.05, 0.1) is 28.9 Å². The van der Waals surface area contributed by atoms with Gasteiger partial charge in [-0.3, -0.25) is 13.9 Å². The summed E-state index contributed by atoms with van der Waals surface area (Å²) in [5.41, 5.74) is 2.90. The number of hydrogen-bond donors (Lipinski definition) is 0. The number of hydrogen-bond acceptors (Lipinski definition) is 3. The standard InChI is InChI=1S/C23H19BrFN3O3/c1-26-19-17(22(29)27(2)23(26)30)18(13-3-7-15(24)8-4-13)28-11-12-31-21(20(19)28)14-5-9-16(25)10-6-14/h3-10,21H,11-12H2,1-2H3. The van der Waals surface area contributed by atoms with Gasteiger partial charge in [-0.2, -0.15) is 0 Å². The van der Waals surface area contributed by atoms with Gasteiger partial charge in [-0.25, -0.2) is 9.18 Å². The molecule has 0 amide bonds. The van der Waals surface area contributed by atoms with Crippen molar-refractivity contribution in [3.63, 3.8) is 0 Å². The normalized spacial score (nSPS) is 15.9. The first-order valence-electron chi connectivity index (χ1n) is 9.83. The molecule has 0 aliphatic carbocycles. The lowest BCUT2D eigenvalue weighted by molar-refractivity contribution is 0.0478. The second kappa shape index (κ2) is 7.32. The number of aryl methyl sites for hydroxylation is 1. The molecule has 1 aliphatic rings. The quantitative estimate of drug-likeness (QED) is 0.436. The van der Waals surface area contributed by atoms with Crippen molar-refractivity contribution in [2.75, 3.05) is 6.61 Å². The van der Waals surface area contributed by atoms with E-state index < -0.39 is 11.8 Å². The van der Waals surface area contributed by atoms with Gasteiger partial charge in [-0.1, -0.05) is 40.2 Å². The molecule has 1 aliphatic heterocycles. The molecular weight excluding hydrogens is 465 g/mol. The first kappa shape index (κ1) is 20.0. The Labute approximate surface area is 185 Å². The molecule has 0 bridgehead atoms. The molecule has 1 atom stereocenters. The smallest absolute Gasteiger partial charge is 0.331 e. The molecule has 3 heterocycles. The van der Waals surface area contributed by atoms with Crippen LogP contribution in [0.4, 0.5) is 4.39 Å². The van der Waals surface area contributed by atoms with Gasteiger partial charge < -0.3 is 9.30 Å². The van der Waals surface area contributed by atoms with E-state index >= 15 is 0 Å². The molecule has 2 aromatic heterocycles. The van der Waals surface area contributed by atoms with Crippen LogP contribution in [0.5, 0.6) is 0 Å². The fourth-order valence-electron chi connectivity index (χ4n) is 4.38. The van der Waals surface area contributed by atoms with Crippen molar-refractivity contribution in [3.05, 3.63) is 90.9 Å². The minimum atomic E-state index is -0.529. The molecule has 158 valence electrons. The van der Waals surface area contributed by atoms with Crippen LogP contribution < -0.4 is 11.2 Å². The molecule has 0 radical (unpaired) electrons. The Kier molecular flexibility index (Phi) is 4.71. The van der Waals surface area contributed by atoms with Gasteiger partial charge in [-0.15, -0.1) is 0 Å². The predicted octanol–water partition coefficient (Wildman–Crippen LogP) is 3.73. The van der Waals surface area contributed by atoms with Gasteiger partial charge in [0.1, 0.15) is 11.9 Å². The Morgan fingerprint density at radius 2 is 1.68 bits per heavy atom. The minimum Gasteiger partial charge on any atom is -0.365 e. The van der Waals surface area contributed by atoms with Crippen LogP contribution in [0, 0.1) is 5.82 Å². The molecule has 31 heavy (non-hydrogen) atoms. The van der Waals surface area contributed by atoms with Crippen LogP contribution in [0.25, 0.3) is 22.2 Å². The van der Waals surface area contributed by atoms with Gasteiger partial charge in [-0.05, 0) is 35.4 Å². The van der Waals surface area contributed by atoms with E-state index in [4.69, 9.17) is 4.74 Å². The van der Waals surface area contributed by atoms with E-state index in [1.54, 1.807) is 19.2 Å². The van der Waals surface area contributed by atoms with Crippen molar-refractivity contribution in [1.29, 1.82) is 0 Å². The predicted molar refractivity (Wildman–Crippen MR) is 120 cm³/mol. The molecule has 1 unspecified atom stereocenters. The third-order valence-electron chi connectivity index (χ3n) is 5.84. The monoisotopic (exact) mass is 483 g/mol. The molecule has 0 spiro atoms. The molecule has 4 aromatic rings. The second-order valence-corrected chi connectivity index (χ2v) is 8.54. The van der Waals surface area contributed by atoms with Gasteiger partial charge in [0.25, 0.3) is 5.56 Å². The fourth-order valence-corrected chi connectivity index (χ4v) is 4.64. The summed E-state index contributed by atoms with van der Waals surface area (Å²) in [5, 5.41) is 0.472. The number of aromatic nitrogens is 3. The van der Waals surface area contributed by atoms with Crippen LogP contribution in [-0.2, 0) is 25.4 Å². The van der Waals surface area contributed by atoms with Crippen LogP contribution in [0.15, 0.2) is 62.6 Å². The molecule has 0 saturated heterocycles. The largest absolute Gasteiger partial charge is 0.365 e. The number of rotatable bonds is 2. The van der Waals surface area contributed by atoms with Gasteiger partial charge >= 0.3 is 5.69 Å². The SMILES string of the molecule is Cn1c(=O)c2c(-c3ccc(Br)cc3)n3c(c2n(C)c1=O)C(c1ccc(F)cc1)OCC3. The van der Waals surface area contributed by atoms with Crippen LogP contribution in [0.3, 0.4) is 0 Å². The third kappa shape index (κ3) is 3.01. The van der Waals surface area contributed by atoms with Gasteiger partial charge in [0, 0.05) is 25.1 Å². The highest BCUT2D eigenvalue weighted by molar-refractivity contribution is 9.10. The van der Waals surface area contributed by atoms with Crippen LogP contribution in [0.1, 0.15) is 17.4 Å². The number of fused-ring (bicyclic) bond motifs is 3. The Hall–Kier alpha value is -2.97. The first-order valence-corrected chi connectivity index (χ1v) is 10.6. The second-order valence-electron chi connectivity index (χ2n) is 7.62. The summed E-state index contributed by atoms with van der Waals surface area (Å²) in [6.45, 7) is 0.957. The average molecular weight is 484 g/mol. The number of benzene rings is 2. The maximum absolute atomic E-state index is 13.5. The van der Waals surface area contributed by atoms with E-state index in [0.717, 1.165) is 31.6 Å². The zero-order valence-corrected chi connectivity index (χ0v) is 18.5. The Balaban J connectivity index is 1.93. The molecule has 6 nitrogen and oxygen atoms in total. The van der Waals surface area contributed by atoms with Crippen molar-refractivity contribution in [2.24, 2.45) is 14.1 Å². The molecule has 2 aromatic carbocycles. The minimum absolute atomic E-state index is 0.336. The molecule has 5 rings (SSSR count). The van der Waals surface area contributed by atoms with Crippen molar-refractivity contribution >= 4 is 26.8 Å². The Morgan fingerprint density at radius 1 is 1.00 bits per heavy atom. The van der Waals surface area contributed by atoms with Crippen molar-refractivity contribution < 1.29 is 9.13 Å². The highest BCUT2D eigenvalue weighted by atomic mass is 79.9. The summed E-state index contributed by atoms with van der Waals surface area (Å²) < 4.78 is 25.2. The summed E-state index contributed by atoms with van der Waals surface area (Å²) in [6.07, 6.45) is -0.529. The fraction of sp³-hybridized carbons (Fsp3) is 0.217. The van der Waals surface area contributed by atoms with E-state index in [-0.39, 0.29) is 11.4 Å². The highest BCUT2D eigenvalue weighted by Gasteiger charge is 2.33. The van der Waals surface area contributed by atoms with Crippen molar-refractivity contribution in [1.82, 2.24) is 13.7 Å². The summed E-state index contributed by atoms with van der Waals surface area (Å²) in [5.74, 6) is -0.336. The lowest BCUT2D eigenvalue weighted by atomic mass is 10.0. The summed E-state index contributed by atoms with van der Waals surface area (Å²) in [6, 6.07) is 13.8. The van der Waals surface area contributed by atoms with E-state index in [1.165, 1.54) is 23.7 Å². The Bertz CT molecular complexity index is 1430. The average Bonchev–Trinajstić information content (AvgIpc) is 3.13. The van der Waals surface area contributed by atoms with E-state index in [1.807, 2.05) is 24.3 Å². The molecule has 0 N–H and O–H groups in total. The van der Waals surface area contributed by atoms with Crippen LogP contribution >= 0.6 is 15.9 Å². The maximum Gasteiger partial charge on any atom is 0.331 e. The number of halogens is 2. The topological polar surface area (TPSA) is 58.2 Å². The van der Waals surface area contributed by atoms with Gasteiger partial charge in [0.15, 0.2) is 0 Å². The lowest BCUT2D eigenvalue weighted by Gasteiger charge is -2.27. The first-order chi connectivity index (χ1) is 14.9. The molecule has 0 saturated carbocycles. The zero-order valence-electron chi connectivity index (χ0n) is 16.9. The van der Waals surface area contributed by atoms with Crippen molar-refractivity contribution in [2.45, 2.75) is 12.6 Å². The van der Waals surface area contributed by atoms with E-state index in [9.17, 15) is 14.0 Å². The molecule has 0 fully saturated rings. The van der Waals surface area contributed by atoms with Gasteiger partial charge in [0.2, 0.25) is 0 Å². The van der Waals surface area contributed by atoms with E-state index in [0.29, 0.717) is 24.1 Å². The van der Waals surface area contributed by atoms with Crippen LogP contribution in [-0.4, -0.2) is 20.3 Å². The van der Waals surface area contributed by atoms with Crippen molar-refractivity contribution in [3.8, 4) is 11.3 Å². The highest BCUT2D eigenvalue weighted by Crippen LogP contribution is 2.40. The van der Waals surface area contributed by atoms with E-state index in [2.05, 4.69) is 20.5 Å². The summed E-state index contributed by atoms with van der Waals surface area (Å²) >= 11 is 3.46. The number of ether oxygens (including phenoxy) is 1. The maximum atomic E-state index is 13.5. The summed E-state index contributed by atoms with van der Waals surface area (Å²) in [4.78, 5) is 26.1. The zero-order chi connectivity index (χ0) is 21.9. The Morgan fingerprint density at radius 3 is 2.35 bits per heavy atom. The lowest BCUT2D eigenvalue weighted by Crippen LogP contribution is -2.37. The third-order valence-corrected chi connectivity index (χ3v) is 6.37.